The zero-order chi connectivity index (χ0) is 17.5. The van der Waals surface area contributed by atoms with Crippen LogP contribution >= 0.6 is 0 Å². The van der Waals surface area contributed by atoms with Gasteiger partial charge >= 0.3 is 0 Å². The van der Waals surface area contributed by atoms with Gasteiger partial charge in [0, 0.05) is 11.7 Å². The summed E-state index contributed by atoms with van der Waals surface area (Å²) in [6.45, 7) is 0. The summed E-state index contributed by atoms with van der Waals surface area (Å²) in [6.07, 6.45) is 8.77. The number of aromatic nitrogens is 1. The maximum absolute atomic E-state index is 12.4. The Hall–Kier alpha value is -2.56. The average Bonchev–Trinajstić information content (AvgIpc) is 2.91. The lowest BCUT2D eigenvalue weighted by Gasteiger charge is -2.16. The molecular weight excluding hydrogens is 314 g/mol. The van der Waals surface area contributed by atoms with Crippen LogP contribution in [-0.4, -0.2) is 24.0 Å². The molecule has 1 heterocycles. The Morgan fingerprint density at radius 1 is 1.00 bits per heavy atom. The van der Waals surface area contributed by atoms with E-state index in [1.165, 1.54) is 25.7 Å². The van der Waals surface area contributed by atoms with Gasteiger partial charge in [0.25, 0.3) is 5.91 Å². The zero-order valence-electron chi connectivity index (χ0n) is 14.6. The fourth-order valence-electron chi connectivity index (χ4n) is 3.13. The molecule has 1 saturated carbocycles. The number of nitrogens with zero attached hydrogens (tertiary/aromatic N) is 1. The van der Waals surface area contributed by atoms with Crippen molar-refractivity contribution >= 4 is 17.3 Å². The van der Waals surface area contributed by atoms with E-state index in [9.17, 15) is 4.79 Å². The second kappa shape index (κ2) is 8.51. The molecule has 1 aromatic heterocycles. The fraction of sp³-hybridized carbons (Fsp3) is 0.400. The van der Waals surface area contributed by atoms with Crippen molar-refractivity contribution in [2.24, 2.45) is 0 Å². The molecule has 0 aliphatic heterocycles. The first-order valence-electron chi connectivity index (χ1n) is 8.92. The van der Waals surface area contributed by atoms with Gasteiger partial charge in [0.1, 0.15) is 11.4 Å². The Morgan fingerprint density at radius 3 is 2.28 bits per heavy atom. The third kappa shape index (κ3) is 4.95. The van der Waals surface area contributed by atoms with Gasteiger partial charge in [-0.2, -0.15) is 0 Å². The summed E-state index contributed by atoms with van der Waals surface area (Å²) in [6, 6.07) is 11.6. The minimum Gasteiger partial charge on any atom is -0.497 e. The van der Waals surface area contributed by atoms with Crippen LogP contribution in [-0.2, 0) is 0 Å². The average molecular weight is 339 g/mol. The van der Waals surface area contributed by atoms with Crippen molar-refractivity contribution in [2.75, 3.05) is 12.4 Å². The first-order valence-corrected chi connectivity index (χ1v) is 8.92. The molecule has 1 aliphatic carbocycles. The number of pyridine rings is 1. The maximum Gasteiger partial charge on any atom is 0.270 e. The molecule has 0 atom stereocenters. The van der Waals surface area contributed by atoms with Gasteiger partial charge in [0.05, 0.1) is 19.0 Å². The van der Waals surface area contributed by atoms with Crippen molar-refractivity contribution in [1.82, 2.24) is 10.3 Å². The molecule has 1 aromatic carbocycles. The van der Waals surface area contributed by atoms with E-state index in [-0.39, 0.29) is 11.9 Å². The van der Waals surface area contributed by atoms with E-state index in [0.717, 1.165) is 30.0 Å². The molecule has 2 N–H and O–H groups in total. The SMILES string of the molecule is COc1ccc(Nc2ccc(C(=O)NC3CCCCCC3)nc2)cc1. The summed E-state index contributed by atoms with van der Waals surface area (Å²) in [5.74, 6) is 0.733. The minimum absolute atomic E-state index is 0.0807. The van der Waals surface area contributed by atoms with Crippen molar-refractivity contribution in [2.45, 2.75) is 44.6 Å². The lowest BCUT2D eigenvalue weighted by Crippen LogP contribution is -2.34. The van der Waals surface area contributed by atoms with Crippen molar-refractivity contribution in [3.63, 3.8) is 0 Å². The topological polar surface area (TPSA) is 63.2 Å². The van der Waals surface area contributed by atoms with Crippen LogP contribution in [0.15, 0.2) is 42.6 Å². The van der Waals surface area contributed by atoms with Crippen LogP contribution in [0, 0.1) is 0 Å². The van der Waals surface area contributed by atoms with E-state index < -0.39 is 0 Å². The van der Waals surface area contributed by atoms with Gasteiger partial charge in [0.2, 0.25) is 0 Å². The first kappa shape index (κ1) is 17.3. The third-order valence-electron chi connectivity index (χ3n) is 4.57. The summed E-state index contributed by atoms with van der Waals surface area (Å²) in [7, 11) is 1.64. The number of methoxy groups -OCH3 is 1. The molecule has 5 nitrogen and oxygen atoms in total. The Kier molecular flexibility index (Phi) is 5.88. The number of nitrogens with one attached hydrogen (secondary N) is 2. The van der Waals surface area contributed by atoms with Crippen molar-refractivity contribution in [3.8, 4) is 5.75 Å². The molecule has 5 heteroatoms. The van der Waals surface area contributed by atoms with E-state index in [2.05, 4.69) is 15.6 Å². The highest BCUT2D eigenvalue weighted by Crippen LogP contribution is 2.20. The number of hydrogen-bond donors (Lipinski definition) is 2. The molecule has 1 aliphatic rings. The summed E-state index contributed by atoms with van der Waals surface area (Å²) < 4.78 is 5.15. The summed E-state index contributed by atoms with van der Waals surface area (Å²) >= 11 is 0. The van der Waals surface area contributed by atoms with Crippen LogP contribution < -0.4 is 15.4 Å². The zero-order valence-corrected chi connectivity index (χ0v) is 14.6. The third-order valence-corrected chi connectivity index (χ3v) is 4.57. The molecule has 0 unspecified atom stereocenters. The molecule has 0 bridgehead atoms. The van der Waals surface area contributed by atoms with Crippen molar-refractivity contribution in [3.05, 3.63) is 48.3 Å². The number of benzene rings is 1. The van der Waals surface area contributed by atoms with Crippen LogP contribution in [0.1, 0.15) is 49.0 Å². The van der Waals surface area contributed by atoms with Gasteiger partial charge in [-0.15, -0.1) is 0 Å². The molecule has 0 spiro atoms. The number of amides is 1. The summed E-state index contributed by atoms with van der Waals surface area (Å²) in [5.41, 5.74) is 2.25. The lowest BCUT2D eigenvalue weighted by molar-refractivity contribution is 0.0928. The molecule has 0 saturated heterocycles. The quantitative estimate of drug-likeness (QED) is 0.798. The second-order valence-electron chi connectivity index (χ2n) is 6.45. The summed E-state index contributed by atoms with van der Waals surface area (Å²) in [4.78, 5) is 16.7. The molecule has 2 aromatic rings. The van der Waals surface area contributed by atoms with Crippen LogP contribution in [0.3, 0.4) is 0 Å². The normalized spacial score (nSPS) is 15.2. The fourth-order valence-corrected chi connectivity index (χ4v) is 3.13. The summed E-state index contributed by atoms with van der Waals surface area (Å²) in [5, 5.41) is 6.38. The van der Waals surface area contributed by atoms with E-state index in [0.29, 0.717) is 5.69 Å². The standard InChI is InChI=1S/C20H25N3O2/c1-25-18-11-8-16(9-12-18)22-17-10-13-19(21-14-17)20(24)23-15-6-4-2-3-5-7-15/h8-15,22H,2-7H2,1H3,(H,23,24). The monoisotopic (exact) mass is 339 g/mol. The molecule has 25 heavy (non-hydrogen) atoms. The molecule has 3 rings (SSSR count). The number of ether oxygens (including phenoxy) is 1. The number of carbonyl (C=O) groups excluding carboxylic acids is 1. The second-order valence-corrected chi connectivity index (χ2v) is 6.45. The first-order chi connectivity index (χ1) is 12.2. The number of anilines is 2. The van der Waals surface area contributed by atoms with Crippen molar-refractivity contribution in [1.29, 1.82) is 0 Å². The molecule has 0 radical (unpaired) electrons. The number of carbonyl (C=O) groups is 1. The highest BCUT2D eigenvalue weighted by atomic mass is 16.5. The Labute approximate surface area is 148 Å². The smallest absolute Gasteiger partial charge is 0.270 e. The van der Waals surface area contributed by atoms with Gasteiger partial charge in [0.15, 0.2) is 0 Å². The van der Waals surface area contributed by atoms with Gasteiger partial charge in [-0.05, 0) is 49.2 Å². The van der Waals surface area contributed by atoms with Crippen molar-refractivity contribution < 1.29 is 9.53 Å². The Balaban J connectivity index is 1.57. The Morgan fingerprint density at radius 2 is 1.68 bits per heavy atom. The van der Waals surface area contributed by atoms with Gasteiger partial charge < -0.3 is 15.4 Å². The Bertz CT molecular complexity index is 675. The van der Waals surface area contributed by atoms with E-state index in [1.54, 1.807) is 19.4 Å². The van der Waals surface area contributed by atoms with Crippen LogP contribution in [0.25, 0.3) is 0 Å². The minimum atomic E-state index is -0.0807. The number of rotatable bonds is 5. The van der Waals surface area contributed by atoms with Crippen LogP contribution in [0.5, 0.6) is 5.75 Å². The molecule has 1 fully saturated rings. The van der Waals surface area contributed by atoms with E-state index >= 15 is 0 Å². The largest absolute Gasteiger partial charge is 0.497 e. The van der Waals surface area contributed by atoms with E-state index in [4.69, 9.17) is 4.74 Å². The molecular formula is C20H25N3O2. The molecule has 132 valence electrons. The molecule has 1 amide bonds. The van der Waals surface area contributed by atoms with E-state index in [1.807, 2.05) is 30.3 Å². The number of hydrogen-bond acceptors (Lipinski definition) is 4. The lowest BCUT2D eigenvalue weighted by atomic mass is 10.1. The van der Waals surface area contributed by atoms with Gasteiger partial charge in [-0.3, -0.25) is 4.79 Å². The highest BCUT2D eigenvalue weighted by Gasteiger charge is 2.16. The van der Waals surface area contributed by atoms with Crippen LogP contribution in [0.2, 0.25) is 0 Å². The van der Waals surface area contributed by atoms with Gasteiger partial charge in [-0.25, -0.2) is 4.98 Å². The predicted molar refractivity (Wildman–Crippen MR) is 99.5 cm³/mol. The predicted octanol–water partition coefficient (Wildman–Crippen LogP) is 4.29. The van der Waals surface area contributed by atoms with Crippen LogP contribution in [0.4, 0.5) is 11.4 Å². The highest BCUT2D eigenvalue weighted by molar-refractivity contribution is 5.92. The van der Waals surface area contributed by atoms with Gasteiger partial charge in [-0.1, -0.05) is 25.7 Å². The maximum atomic E-state index is 12.4.